The molecule has 4 nitrogen and oxygen atoms in total. The first-order valence-corrected chi connectivity index (χ1v) is 9.38. The molecule has 2 aliphatic rings. The molecule has 0 aromatic heterocycles. The fourth-order valence-corrected chi connectivity index (χ4v) is 3.04. The number of likely N-dealkylation sites (tertiary alicyclic amines) is 1. The lowest BCUT2D eigenvalue weighted by molar-refractivity contribution is -0.127. The Kier molecular flexibility index (Phi) is 5.65. The highest BCUT2D eigenvalue weighted by atomic mass is 19.1. The van der Waals surface area contributed by atoms with Crippen molar-refractivity contribution in [3.63, 3.8) is 0 Å². The minimum Gasteiger partial charge on any atom is -0.398 e. The second kappa shape index (κ2) is 7.69. The van der Waals surface area contributed by atoms with Gasteiger partial charge in [0.05, 0.1) is 17.7 Å². The molecule has 3 rings (SSSR count). The van der Waals surface area contributed by atoms with Crippen LogP contribution in [0.1, 0.15) is 51.7 Å². The van der Waals surface area contributed by atoms with E-state index >= 15 is 0 Å². The van der Waals surface area contributed by atoms with Crippen molar-refractivity contribution in [2.45, 2.75) is 51.7 Å². The van der Waals surface area contributed by atoms with Crippen LogP contribution in [-0.2, 0) is 14.1 Å². The number of carbonyl (C=O) groups is 1. The summed E-state index contributed by atoms with van der Waals surface area (Å²) in [4.78, 5) is 13.3. The van der Waals surface area contributed by atoms with Crippen LogP contribution in [0, 0.1) is 17.7 Å². The molecule has 0 spiro atoms. The van der Waals surface area contributed by atoms with Gasteiger partial charge in [0.25, 0.3) is 0 Å². The molecule has 0 bridgehead atoms. The predicted octanol–water partition coefficient (Wildman–Crippen LogP) is 3.74. The van der Waals surface area contributed by atoms with Crippen molar-refractivity contribution < 1.29 is 22.9 Å². The van der Waals surface area contributed by atoms with Gasteiger partial charge in [0.2, 0.25) is 5.91 Å². The lowest BCUT2D eigenvalue weighted by atomic mass is 9.86. The topological polar surface area (TPSA) is 38.8 Å². The average molecular weight is 387 g/mol. The summed E-state index contributed by atoms with van der Waals surface area (Å²) in [6.45, 7) is 8.33. The number of amides is 1. The zero-order valence-electron chi connectivity index (χ0n) is 16.6. The van der Waals surface area contributed by atoms with E-state index in [-0.39, 0.29) is 5.91 Å². The van der Waals surface area contributed by atoms with Crippen LogP contribution in [0.4, 0.5) is 8.78 Å². The summed E-state index contributed by atoms with van der Waals surface area (Å²) < 4.78 is 39.9. The largest absolute Gasteiger partial charge is 0.525 e. The first kappa shape index (κ1) is 20.6. The summed E-state index contributed by atoms with van der Waals surface area (Å²) in [5.41, 5.74) is -1.22. The number of hydrogen-bond acceptors (Lipinski definition) is 3. The summed E-state index contributed by atoms with van der Waals surface area (Å²) in [5.74, 6) is 5.43. The smallest absolute Gasteiger partial charge is 0.398 e. The van der Waals surface area contributed by atoms with Gasteiger partial charge in [-0.15, -0.1) is 0 Å². The third kappa shape index (κ3) is 4.29. The van der Waals surface area contributed by atoms with E-state index in [1.54, 1.807) is 4.90 Å². The fraction of sp³-hybridized carbons (Fsp3) is 0.476. The maximum atomic E-state index is 14.8. The highest BCUT2D eigenvalue weighted by Gasteiger charge is 2.53. The number of nitrogens with zero attached hydrogens (tertiary/aromatic N) is 1. The van der Waals surface area contributed by atoms with Gasteiger partial charge in [-0.05, 0) is 64.0 Å². The van der Waals surface area contributed by atoms with Crippen LogP contribution < -0.4 is 0 Å². The molecule has 2 saturated heterocycles. The second-order valence-corrected chi connectivity index (χ2v) is 8.07. The van der Waals surface area contributed by atoms with Crippen molar-refractivity contribution in [1.82, 2.24) is 4.90 Å². The Morgan fingerprint density at radius 1 is 1.29 bits per heavy atom. The van der Waals surface area contributed by atoms with Gasteiger partial charge in [0.15, 0.2) is 0 Å². The Balaban J connectivity index is 1.81. The van der Waals surface area contributed by atoms with Gasteiger partial charge in [-0.2, -0.15) is 0 Å². The lowest BCUT2D eigenvalue weighted by Crippen LogP contribution is -2.41. The minimum absolute atomic E-state index is 0.0836. The van der Waals surface area contributed by atoms with Gasteiger partial charge in [-0.3, -0.25) is 4.79 Å². The molecular weight excluding hydrogens is 363 g/mol. The zero-order valence-corrected chi connectivity index (χ0v) is 16.6. The van der Waals surface area contributed by atoms with Gasteiger partial charge >= 0.3 is 7.12 Å². The SMILES string of the molecule is CC1(C)OB(C(F)=Cc2cc(F)ccc2C#CCN2CCCC2=O)OC1(C)C. The molecular formula is C21H24BF2NO3. The Morgan fingerprint density at radius 3 is 2.57 bits per heavy atom. The number of rotatable bonds is 3. The summed E-state index contributed by atoms with van der Waals surface area (Å²) >= 11 is 0. The molecule has 0 radical (unpaired) electrons. The fourth-order valence-electron chi connectivity index (χ4n) is 3.04. The summed E-state index contributed by atoms with van der Waals surface area (Å²) in [6, 6.07) is 3.99. The number of halogens is 2. The van der Waals surface area contributed by atoms with Crippen LogP contribution in [0.2, 0.25) is 0 Å². The van der Waals surface area contributed by atoms with Crippen LogP contribution in [0.5, 0.6) is 0 Å². The molecule has 0 N–H and O–H groups in total. The predicted molar refractivity (Wildman–Crippen MR) is 104 cm³/mol. The minimum atomic E-state index is -1.16. The number of carbonyl (C=O) groups excluding carboxylic acids is 1. The third-order valence-corrected chi connectivity index (χ3v) is 5.45. The van der Waals surface area contributed by atoms with E-state index in [2.05, 4.69) is 11.8 Å². The molecule has 0 aliphatic carbocycles. The van der Waals surface area contributed by atoms with Crippen molar-refractivity contribution in [2.24, 2.45) is 0 Å². The molecule has 2 heterocycles. The molecule has 1 amide bonds. The van der Waals surface area contributed by atoms with E-state index in [9.17, 15) is 13.6 Å². The third-order valence-electron chi connectivity index (χ3n) is 5.45. The molecule has 7 heteroatoms. The molecule has 28 heavy (non-hydrogen) atoms. The van der Waals surface area contributed by atoms with Crippen LogP contribution >= 0.6 is 0 Å². The van der Waals surface area contributed by atoms with Crippen LogP contribution in [0.15, 0.2) is 23.9 Å². The van der Waals surface area contributed by atoms with Gasteiger partial charge in [0, 0.05) is 18.5 Å². The van der Waals surface area contributed by atoms with E-state index in [4.69, 9.17) is 9.31 Å². The average Bonchev–Trinajstić information content (AvgIpc) is 3.09. The van der Waals surface area contributed by atoms with Gasteiger partial charge < -0.3 is 14.2 Å². The van der Waals surface area contributed by atoms with Gasteiger partial charge in [-0.25, -0.2) is 8.78 Å². The quantitative estimate of drug-likeness (QED) is 0.586. The lowest BCUT2D eigenvalue weighted by Gasteiger charge is -2.32. The Hall–Kier alpha value is -2.17. The van der Waals surface area contributed by atoms with Crippen molar-refractivity contribution >= 4 is 19.1 Å². The number of benzene rings is 1. The van der Waals surface area contributed by atoms with E-state index < -0.39 is 29.9 Å². The van der Waals surface area contributed by atoms with Crippen molar-refractivity contribution in [3.8, 4) is 11.8 Å². The molecule has 0 saturated carbocycles. The standard InChI is InChI=1S/C21H24BF2NO3/c1-20(2)21(3,4)28-22(27-20)18(24)14-16-13-17(23)10-9-15(16)7-5-11-25-12-6-8-19(25)26/h9-10,13-14H,6,8,11-12H2,1-4H3. The Morgan fingerprint density at radius 2 is 1.96 bits per heavy atom. The van der Waals surface area contributed by atoms with Crippen LogP contribution in [0.25, 0.3) is 6.08 Å². The summed E-state index contributed by atoms with van der Waals surface area (Å²) in [6.07, 6.45) is 2.58. The normalized spacial score (nSPS) is 21.1. The van der Waals surface area contributed by atoms with E-state index in [0.29, 0.717) is 30.6 Å². The Labute approximate surface area is 165 Å². The molecule has 2 aliphatic heterocycles. The molecule has 1 aromatic carbocycles. The number of hydrogen-bond donors (Lipinski definition) is 0. The van der Waals surface area contributed by atoms with E-state index in [1.807, 2.05) is 27.7 Å². The molecule has 148 valence electrons. The van der Waals surface area contributed by atoms with Crippen molar-refractivity contribution in [2.75, 3.05) is 13.1 Å². The maximum Gasteiger partial charge on any atom is 0.525 e. The highest BCUT2D eigenvalue weighted by molar-refractivity contribution is 6.54. The van der Waals surface area contributed by atoms with Crippen LogP contribution in [0.3, 0.4) is 0 Å². The zero-order chi connectivity index (χ0) is 20.5. The molecule has 0 atom stereocenters. The second-order valence-electron chi connectivity index (χ2n) is 8.07. The Bertz CT molecular complexity index is 854. The summed E-state index contributed by atoms with van der Waals surface area (Å²) in [7, 11) is -1.16. The van der Waals surface area contributed by atoms with Crippen LogP contribution in [-0.4, -0.2) is 42.2 Å². The van der Waals surface area contributed by atoms with Gasteiger partial charge in [-0.1, -0.05) is 11.8 Å². The van der Waals surface area contributed by atoms with E-state index in [1.165, 1.54) is 24.3 Å². The molecule has 1 aromatic rings. The molecule has 0 unspecified atom stereocenters. The first-order chi connectivity index (χ1) is 13.1. The van der Waals surface area contributed by atoms with E-state index in [0.717, 1.165) is 6.42 Å². The van der Waals surface area contributed by atoms with Crippen molar-refractivity contribution in [1.29, 1.82) is 0 Å². The monoisotopic (exact) mass is 387 g/mol. The molecule has 2 fully saturated rings. The van der Waals surface area contributed by atoms with Crippen molar-refractivity contribution in [3.05, 3.63) is 40.9 Å². The first-order valence-electron chi connectivity index (χ1n) is 9.38. The maximum absolute atomic E-state index is 14.8. The highest BCUT2D eigenvalue weighted by Crippen LogP contribution is 2.39. The van der Waals surface area contributed by atoms with Gasteiger partial charge in [0.1, 0.15) is 11.5 Å². The summed E-state index contributed by atoms with van der Waals surface area (Å²) in [5, 5.41) is 0.